The third-order valence-electron chi connectivity index (χ3n) is 11.9. The number of rotatable bonds is 4. The van der Waals surface area contributed by atoms with E-state index >= 15 is 0 Å². The minimum absolute atomic E-state index is 0.189. The summed E-state index contributed by atoms with van der Waals surface area (Å²) < 4.78 is 5.19. The maximum atomic E-state index is 2.53. The van der Waals surface area contributed by atoms with Gasteiger partial charge in [-0.3, -0.25) is 0 Å². The molecule has 0 saturated carbocycles. The SMILES string of the molecule is c1ccc(-c2cccc(C3c4ccccc4-c4cc(-c5ccc6c(c5)c5ccc7c8ccccc8sc7c5n6-c5cccc6ccccc56)ccc43)c2)cc1. The first-order valence-electron chi connectivity index (χ1n) is 19.0. The van der Waals surface area contributed by atoms with Gasteiger partial charge in [0.25, 0.3) is 0 Å². The highest BCUT2D eigenvalue weighted by atomic mass is 32.1. The molecule has 0 aliphatic heterocycles. The van der Waals surface area contributed by atoms with Gasteiger partial charge in [0.05, 0.1) is 21.4 Å². The number of thiophene rings is 1. The van der Waals surface area contributed by atoms with Crippen LogP contribution in [0.15, 0.2) is 194 Å². The molecule has 9 aromatic carbocycles. The lowest BCUT2D eigenvalue weighted by Gasteiger charge is -2.16. The highest BCUT2D eigenvalue weighted by Gasteiger charge is 2.30. The van der Waals surface area contributed by atoms with E-state index in [2.05, 4.69) is 199 Å². The van der Waals surface area contributed by atoms with Crippen molar-refractivity contribution >= 4 is 64.1 Å². The standard InChI is InChI=1S/C53H33NS/c1-2-12-33(13-3-1)35-16-10-17-38(30-35)51-42-21-7-6-19-40(42)46-31-36(24-26-43(46)51)37-25-29-49-47(32-37)44-27-28-45-41-20-8-9-23-50(41)55-53(45)52(44)54(49)48-22-11-15-34-14-4-5-18-39(34)48/h1-32,51H. The van der Waals surface area contributed by atoms with Crippen LogP contribution in [0.4, 0.5) is 0 Å². The summed E-state index contributed by atoms with van der Waals surface area (Å²) in [5.74, 6) is 0.189. The highest BCUT2D eigenvalue weighted by molar-refractivity contribution is 7.26. The van der Waals surface area contributed by atoms with Gasteiger partial charge < -0.3 is 4.57 Å². The van der Waals surface area contributed by atoms with Crippen LogP contribution in [0.3, 0.4) is 0 Å². The molecule has 55 heavy (non-hydrogen) atoms. The molecule has 0 radical (unpaired) electrons. The molecule has 0 saturated heterocycles. The van der Waals surface area contributed by atoms with E-state index in [0.717, 1.165) is 0 Å². The summed E-state index contributed by atoms with van der Waals surface area (Å²) in [7, 11) is 0. The summed E-state index contributed by atoms with van der Waals surface area (Å²) in [5, 5.41) is 7.71. The van der Waals surface area contributed by atoms with Crippen LogP contribution in [-0.2, 0) is 0 Å². The van der Waals surface area contributed by atoms with Crippen molar-refractivity contribution in [3.63, 3.8) is 0 Å². The average Bonchev–Trinajstić information content (AvgIpc) is 3.91. The molecule has 0 bridgehead atoms. The molecule has 0 spiro atoms. The first-order chi connectivity index (χ1) is 27.3. The molecular formula is C53H33NS. The lowest BCUT2D eigenvalue weighted by molar-refractivity contribution is 1.02. The second-order valence-electron chi connectivity index (χ2n) is 14.8. The first-order valence-corrected chi connectivity index (χ1v) is 19.9. The summed E-state index contributed by atoms with van der Waals surface area (Å²) in [6, 6.07) is 72.1. The molecule has 2 aromatic heterocycles. The number of hydrogen-bond acceptors (Lipinski definition) is 1. The number of aromatic nitrogens is 1. The van der Waals surface area contributed by atoms with Crippen molar-refractivity contribution in [1.82, 2.24) is 4.57 Å². The van der Waals surface area contributed by atoms with Crippen molar-refractivity contribution < 1.29 is 0 Å². The van der Waals surface area contributed by atoms with Crippen LogP contribution < -0.4 is 0 Å². The van der Waals surface area contributed by atoms with Gasteiger partial charge in [-0.25, -0.2) is 0 Å². The van der Waals surface area contributed by atoms with E-state index in [9.17, 15) is 0 Å². The van der Waals surface area contributed by atoms with Gasteiger partial charge in [0.15, 0.2) is 0 Å². The molecule has 1 aliphatic rings. The second kappa shape index (κ2) is 11.9. The molecule has 11 aromatic rings. The fraction of sp³-hybridized carbons (Fsp3) is 0.0189. The van der Waals surface area contributed by atoms with Crippen LogP contribution in [0.1, 0.15) is 22.6 Å². The topological polar surface area (TPSA) is 4.93 Å². The van der Waals surface area contributed by atoms with Crippen LogP contribution in [0.5, 0.6) is 0 Å². The normalized spacial score (nSPS) is 13.6. The minimum atomic E-state index is 0.189. The van der Waals surface area contributed by atoms with Gasteiger partial charge in [-0.1, -0.05) is 164 Å². The van der Waals surface area contributed by atoms with Crippen LogP contribution in [-0.4, -0.2) is 4.57 Å². The molecular weight excluding hydrogens is 683 g/mol. The zero-order valence-electron chi connectivity index (χ0n) is 29.9. The average molecular weight is 716 g/mol. The fourth-order valence-corrected chi connectivity index (χ4v) is 10.6. The number of nitrogens with zero attached hydrogens (tertiary/aromatic N) is 1. The smallest absolute Gasteiger partial charge is 0.0720 e. The Labute approximate surface area is 323 Å². The van der Waals surface area contributed by atoms with Crippen molar-refractivity contribution in [3.8, 4) is 39.1 Å². The summed E-state index contributed by atoms with van der Waals surface area (Å²) >= 11 is 1.91. The van der Waals surface area contributed by atoms with Crippen molar-refractivity contribution in [2.75, 3.05) is 0 Å². The molecule has 0 N–H and O–H groups in total. The maximum Gasteiger partial charge on any atom is 0.0720 e. The van der Waals surface area contributed by atoms with E-state index in [0.29, 0.717) is 0 Å². The molecule has 1 nitrogen and oxygen atoms in total. The van der Waals surface area contributed by atoms with Crippen molar-refractivity contribution in [2.45, 2.75) is 5.92 Å². The largest absolute Gasteiger partial charge is 0.307 e. The van der Waals surface area contributed by atoms with Gasteiger partial charge in [0, 0.05) is 37.5 Å². The minimum Gasteiger partial charge on any atom is -0.307 e. The second-order valence-corrected chi connectivity index (χ2v) is 15.9. The zero-order chi connectivity index (χ0) is 36.0. The van der Waals surface area contributed by atoms with Crippen molar-refractivity contribution in [1.29, 1.82) is 0 Å². The van der Waals surface area contributed by atoms with Crippen LogP contribution in [0.2, 0.25) is 0 Å². The van der Waals surface area contributed by atoms with Gasteiger partial charge >= 0.3 is 0 Å². The molecule has 256 valence electrons. The fourth-order valence-electron chi connectivity index (χ4n) is 9.38. The third-order valence-corrected chi connectivity index (χ3v) is 13.1. The van der Waals surface area contributed by atoms with E-state index < -0.39 is 0 Å². The molecule has 1 aliphatic carbocycles. The number of fused-ring (bicyclic) bond motifs is 11. The molecule has 2 heterocycles. The van der Waals surface area contributed by atoms with E-state index in [4.69, 9.17) is 0 Å². The summed E-state index contributed by atoms with van der Waals surface area (Å²) in [5.41, 5.74) is 15.4. The lowest BCUT2D eigenvalue weighted by atomic mass is 9.87. The van der Waals surface area contributed by atoms with Gasteiger partial charge in [-0.15, -0.1) is 11.3 Å². The predicted octanol–water partition coefficient (Wildman–Crippen LogP) is 14.8. The number of hydrogen-bond donors (Lipinski definition) is 0. The Hall–Kier alpha value is -6.74. The zero-order valence-corrected chi connectivity index (χ0v) is 30.7. The maximum absolute atomic E-state index is 2.53. The molecule has 0 fully saturated rings. The predicted molar refractivity (Wildman–Crippen MR) is 235 cm³/mol. The van der Waals surface area contributed by atoms with Crippen LogP contribution in [0.25, 0.3) is 91.8 Å². The van der Waals surface area contributed by atoms with E-state index in [1.807, 2.05) is 11.3 Å². The number of benzene rings is 9. The summed E-state index contributed by atoms with van der Waals surface area (Å²) in [4.78, 5) is 0. The molecule has 1 atom stereocenters. The Morgan fingerprint density at radius 1 is 0.400 bits per heavy atom. The van der Waals surface area contributed by atoms with Crippen LogP contribution >= 0.6 is 11.3 Å². The highest BCUT2D eigenvalue weighted by Crippen LogP contribution is 2.50. The Balaban J connectivity index is 1.06. The van der Waals surface area contributed by atoms with Gasteiger partial charge in [0.1, 0.15) is 0 Å². The van der Waals surface area contributed by atoms with Crippen LogP contribution in [0, 0.1) is 0 Å². The Kier molecular flexibility index (Phi) is 6.63. The van der Waals surface area contributed by atoms with Gasteiger partial charge in [-0.2, -0.15) is 0 Å². The van der Waals surface area contributed by atoms with Crippen molar-refractivity contribution in [3.05, 3.63) is 211 Å². The van der Waals surface area contributed by atoms with E-state index in [1.54, 1.807) is 0 Å². The van der Waals surface area contributed by atoms with Crippen molar-refractivity contribution in [2.24, 2.45) is 0 Å². The van der Waals surface area contributed by atoms with Gasteiger partial charge in [-0.05, 0) is 85.8 Å². The lowest BCUT2D eigenvalue weighted by Crippen LogP contribution is -1.99. The first kappa shape index (κ1) is 30.7. The Morgan fingerprint density at radius 3 is 2.04 bits per heavy atom. The van der Waals surface area contributed by atoms with E-state index in [1.165, 1.54) is 109 Å². The Morgan fingerprint density at radius 2 is 1.09 bits per heavy atom. The molecule has 12 rings (SSSR count). The van der Waals surface area contributed by atoms with Gasteiger partial charge in [0.2, 0.25) is 0 Å². The monoisotopic (exact) mass is 715 g/mol. The molecule has 0 amide bonds. The quantitative estimate of drug-likeness (QED) is 0.171. The summed E-state index contributed by atoms with van der Waals surface area (Å²) in [6.07, 6.45) is 0. The Bertz CT molecular complexity index is 3320. The molecule has 1 unspecified atom stereocenters. The third kappa shape index (κ3) is 4.59. The summed E-state index contributed by atoms with van der Waals surface area (Å²) in [6.45, 7) is 0. The van der Waals surface area contributed by atoms with E-state index in [-0.39, 0.29) is 5.92 Å². The molecule has 2 heteroatoms.